The number of ether oxygens (including phenoxy) is 1. The van der Waals surface area contributed by atoms with Gasteiger partial charge in [-0.15, -0.1) is 0 Å². The zero-order chi connectivity index (χ0) is 22.1. The van der Waals surface area contributed by atoms with Crippen LogP contribution in [0.15, 0.2) is 42.5 Å². The highest BCUT2D eigenvalue weighted by Crippen LogP contribution is 2.21. The van der Waals surface area contributed by atoms with Crippen LogP contribution < -0.4 is 10.1 Å². The number of para-hydroxylation sites is 2. The Kier molecular flexibility index (Phi) is 8.51. The average Bonchev–Trinajstić information content (AvgIpc) is 3.10. The molecular formula is C26H35N3O2. The highest BCUT2D eigenvalue weighted by molar-refractivity contribution is 5.76. The second-order valence-electron chi connectivity index (χ2n) is 8.20. The lowest BCUT2D eigenvalue weighted by Crippen LogP contribution is -2.23. The largest absolute Gasteiger partial charge is 0.491 e. The summed E-state index contributed by atoms with van der Waals surface area (Å²) in [4.78, 5) is 16.4. The number of fused-ring (bicyclic) bond motifs is 1. The van der Waals surface area contributed by atoms with E-state index in [1.165, 1.54) is 11.1 Å². The van der Waals surface area contributed by atoms with Gasteiger partial charge in [-0.1, -0.05) is 43.2 Å². The quantitative estimate of drug-likeness (QED) is 0.401. The second-order valence-corrected chi connectivity index (χ2v) is 8.20. The van der Waals surface area contributed by atoms with E-state index in [-0.39, 0.29) is 5.91 Å². The van der Waals surface area contributed by atoms with Crippen molar-refractivity contribution in [3.63, 3.8) is 0 Å². The molecule has 3 aromatic rings. The van der Waals surface area contributed by atoms with E-state index >= 15 is 0 Å². The van der Waals surface area contributed by atoms with Gasteiger partial charge in [-0.2, -0.15) is 0 Å². The Morgan fingerprint density at radius 2 is 1.94 bits per heavy atom. The molecular weight excluding hydrogens is 386 g/mol. The zero-order valence-electron chi connectivity index (χ0n) is 19.1. The first-order chi connectivity index (χ1) is 15.1. The molecule has 1 heterocycles. The number of imidazole rings is 1. The lowest BCUT2D eigenvalue weighted by Gasteiger charge is -2.13. The van der Waals surface area contributed by atoms with Gasteiger partial charge in [-0.3, -0.25) is 4.79 Å². The minimum absolute atomic E-state index is 0.160. The first-order valence-corrected chi connectivity index (χ1v) is 11.5. The summed E-state index contributed by atoms with van der Waals surface area (Å²) in [5, 5.41) is 2.99. The van der Waals surface area contributed by atoms with Crippen LogP contribution in [0.1, 0.15) is 56.0 Å². The molecule has 0 bridgehead atoms. The third-order valence-corrected chi connectivity index (χ3v) is 5.51. The fourth-order valence-electron chi connectivity index (χ4n) is 3.90. The molecule has 1 aromatic heterocycles. The SMILES string of the molecule is CCCC(=O)NCCCCCc1nc2ccccc2n1CCOc1ccc(C)cc1C. The van der Waals surface area contributed by atoms with E-state index in [0.717, 1.165) is 67.8 Å². The number of benzene rings is 2. The molecule has 0 aliphatic rings. The van der Waals surface area contributed by atoms with Crippen LogP contribution in [0.25, 0.3) is 11.0 Å². The van der Waals surface area contributed by atoms with E-state index in [1.807, 2.05) is 13.0 Å². The van der Waals surface area contributed by atoms with Crippen molar-refractivity contribution in [2.75, 3.05) is 13.2 Å². The number of hydrogen-bond acceptors (Lipinski definition) is 3. The number of hydrogen-bond donors (Lipinski definition) is 1. The molecule has 31 heavy (non-hydrogen) atoms. The minimum atomic E-state index is 0.160. The third kappa shape index (κ3) is 6.58. The monoisotopic (exact) mass is 421 g/mol. The molecule has 5 nitrogen and oxygen atoms in total. The van der Waals surface area contributed by atoms with Crippen LogP contribution in [-0.2, 0) is 17.8 Å². The van der Waals surface area contributed by atoms with E-state index in [0.29, 0.717) is 13.0 Å². The molecule has 1 amide bonds. The van der Waals surface area contributed by atoms with Crippen LogP contribution in [-0.4, -0.2) is 28.6 Å². The summed E-state index contributed by atoms with van der Waals surface area (Å²) in [7, 11) is 0. The van der Waals surface area contributed by atoms with Crippen LogP contribution in [0.5, 0.6) is 5.75 Å². The molecule has 2 aromatic carbocycles. The Morgan fingerprint density at radius 1 is 1.10 bits per heavy atom. The number of rotatable bonds is 12. The number of aromatic nitrogens is 2. The standard InChI is InChI=1S/C26H35N3O2/c1-4-10-26(30)27-16-9-5-6-13-25-28-22-11-7-8-12-23(22)29(25)17-18-31-24-15-14-20(2)19-21(24)3/h7-8,11-12,14-15,19H,4-6,9-10,13,16-18H2,1-3H3,(H,27,30). The van der Waals surface area contributed by atoms with E-state index in [9.17, 15) is 4.79 Å². The van der Waals surface area contributed by atoms with Gasteiger partial charge in [-0.05, 0) is 56.9 Å². The maximum absolute atomic E-state index is 11.5. The van der Waals surface area contributed by atoms with E-state index < -0.39 is 0 Å². The number of unbranched alkanes of at least 4 members (excludes halogenated alkanes) is 2. The molecule has 1 N–H and O–H groups in total. The maximum atomic E-state index is 11.5. The predicted molar refractivity (Wildman–Crippen MR) is 127 cm³/mol. The van der Waals surface area contributed by atoms with Crippen molar-refractivity contribution in [1.82, 2.24) is 14.9 Å². The van der Waals surface area contributed by atoms with Crippen LogP contribution in [0.3, 0.4) is 0 Å². The predicted octanol–water partition coefficient (Wildman–Crippen LogP) is 5.36. The van der Waals surface area contributed by atoms with Crippen LogP contribution in [0, 0.1) is 13.8 Å². The number of nitrogens with one attached hydrogen (secondary N) is 1. The van der Waals surface area contributed by atoms with Gasteiger partial charge < -0.3 is 14.6 Å². The Morgan fingerprint density at radius 3 is 2.74 bits per heavy atom. The number of amides is 1. The van der Waals surface area contributed by atoms with Crippen molar-refractivity contribution >= 4 is 16.9 Å². The fourth-order valence-corrected chi connectivity index (χ4v) is 3.90. The van der Waals surface area contributed by atoms with E-state index in [2.05, 4.69) is 60.1 Å². The number of nitrogens with zero attached hydrogens (tertiary/aromatic N) is 2. The molecule has 0 atom stereocenters. The number of carbonyl (C=O) groups is 1. The summed E-state index contributed by atoms with van der Waals surface area (Å²) in [6, 6.07) is 14.6. The number of aryl methyl sites for hydroxylation is 3. The molecule has 0 fully saturated rings. The Labute approximate surface area is 185 Å². The van der Waals surface area contributed by atoms with Crippen molar-refractivity contribution in [3.8, 4) is 5.75 Å². The molecule has 3 rings (SSSR count). The molecule has 5 heteroatoms. The molecule has 166 valence electrons. The first kappa shape index (κ1) is 22.9. The van der Waals surface area contributed by atoms with Gasteiger partial charge in [-0.25, -0.2) is 4.98 Å². The minimum Gasteiger partial charge on any atom is -0.491 e. The van der Waals surface area contributed by atoms with E-state index in [4.69, 9.17) is 9.72 Å². The van der Waals surface area contributed by atoms with Gasteiger partial charge in [0.1, 0.15) is 18.2 Å². The Balaban J connectivity index is 1.55. The lowest BCUT2D eigenvalue weighted by molar-refractivity contribution is -0.121. The van der Waals surface area contributed by atoms with Crippen molar-refractivity contribution in [3.05, 3.63) is 59.4 Å². The lowest BCUT2D eigenvalue weighted by atomic mass is 10.1. The molecule has 0 unspecified atom stereocenters. The smallest absolute Gasteiger partial charge is 0.219 e. The molecule has 0 saturated carbocycles. The summed E-state index contributed by atoms with van der Waals surface area (Å²) >= 11 is 0. The van der Waals surface area contributed by atoms with Gasteiger partial charge in [0.05, 0.1) is 17.6 Å². The molecule has 0 radical (unpaired) electrons. The highest BCUT2D eigenvalue weighted by Gasteiger charge is 2.11. The summed E-state index contributed by atoms with van der Waals surface area (Å²) in [6.45, 7) is 8.36. The van der Waals surface area contributed by atoms with Crippen molar-refractivity contribution in [2.45, 2.75) is 65.8 Å². The maximum Gasteiger partial charge on any atom is 0.219 e. The number of carbonyl (C=O) groups excluding carboxylic acids is 1. The van der Waals surface area contributed by atoms with Crippen LogP contribution in [0.2, 0.25) is 0 Å². The third-order valence-electron chi connectivity index (χ3n) is 5.51. The second kappa shape index (κ2) is 11.5. The van der Waals surface area contributed by atoms with Crippen molar-refractivity contribution < 1.29 is 9.53 Å². The molecule has 0 aliphatic heterocycles. The molecule has 0 aliphatic carbocycles. The van der Waals surface area contributed by atoms with Gasteiger partial charge in [0.25, 0.3) is 0 Å². The Bertz CT molecular complexity index is 993. The molecule has 0 saturated heterocycles. The summed E-state index contributed by atoms with van der Waals surface area (Å²) in [6.07, 6.45) is 5.59. The topological polar surface area (TPSA) is 56.2 Å². The molecule has 0 spiro atoms. The van der Waals surface area contributed by atoms with Gasteiger partial charge in [0.2, 0.25) is 5.91 Å². The Hall–Kier alpha value is -2.82. The van der Waals surface area contributed by atoms with Gasteiger partial charge in [0.15, 0.2) is 0 Å². The van der Waals surface area contributed by atoms with Crippen molar-refractivity contribution in [1.29, 1.82) is 0 Å². The van der Waals surface area contributed by atoms with Crippen LogP contribution in [0.4, 0.5) is 0 Å². The summed E-state index contributed by atoms with van der Waals surface area (Å²) in [5.74, 6) is 2.22. The van der Waals surface area contributed by atoms with Crippen molar-refractivity contribution in [2.24, 2.45) is 0 Å². The fraction of sp³-hybridized carbons (Fsp3) is 0.462. The summed E-state index contributed by atoms with van der Waals surface area (Å²) in [5.41, 5.74) is 4.61. The van der Waals surface area contributed by atoms with Gasteiger partial charge >= 0.3 is 0 Å². The summed E-state index contributed by atoms with van der Waals surface area (Å²) < 4.78 is 8.37. The van der Waals surface area contributed by atoms with Gasteiger partial charge in [0, 0.05) is 19.4 Å². The van der Waals surface area contributed by atoms with E-state index in [1.54, 1.807) is 0 Å². The highest BCUT2D eigenvalue weighted by atomic mass is 16.5. The zero-order valence-corrected chi connectivity index (χ0v) is 19.1. The van der Waals surface area contributed by atoms with Crippen LogP contribution >= 0.6 is 0 Å². The normalized spacial score (nSPS) is 11.1. The average molecular weight is 422 g/mol. The first-order valence-electron chi connectivity index (χ1n) is 11.5.